The second-order valence-corrected chi connectivity index (χ2v) is 27.4. The molecule has 1 heterocycles. The van der Waals surface area contributed by atoms with Crippen LogP contribution >= 0.6 is 0 Å². The van der Waals surface area contributed by atoms with E-state index in [1.165, 1.54) is 32.3 Å². The number of carboxylic acids is 1. The largest absolute Gasteiger partial charge is 0.481 e. The van der Waals surface area contributed by atoms with Crippen LogP contribution in [0.1, 0.15) is 240 Å². The fourth-order valence-corrected chi connectivity index (χ4v) is 12.3. The number of carboxylic acid groups (broad SMARTS) is 1. The predicted octanol–water partition coefficient (Wildman–Crippen LogP) is 12.5. The molecule has 0 spiro atoms. The number of nitrogens with one attached hydrogen (secondary N) is 5. The van der Waals surface area contributed by atoms with Crippen LogP contribution in [0.4, 0.5) is 0 Å². The molecule has 1 saturated heterocycles. The van der Waals surface area contributed by atoms with Crippen molar-refractivity contribution >= 4 is 70.6 Å². The smallest absolute Gasteiger partial charge is 0.328 e. The fourth-order valence-electron chi connectivity index (χ4n) is 12.3. The van der Waals surface area contributed by atoms with E-state index in [0.717, 1.165) is 92.9 Å². The molecular weight excluding hydrogens is 1310 g/mol. The summed E-state index contributed by atoms with van der Waals surface area (Å²) in [7, 11) is 2.47. The first kappa shape index (κ1) is 86.7. The van der Waals surface area contributed by atoms with Gasteiger partial charge in [-0.25, -0.2) is 9.59 Å². The van der Waals surface area contributed by atoms with Gasteiger partial charge >= 0.3 is 17.9 Å². The van der Waals surface area contributed by atoms with Crippen molar-refractivity contribution < 1.29 is 72.1 Å². The summed E-state index contributed by atoms with van der Waals surface area (Å²) in [6, 6.07) is 27.7. The van der Waals surface area contributed by atoms with E-state index in [1.807, 2.05) is 31.2 Å². The van der Waals surface area contributed by atoms with Crippen LogP contribution in [-0.4, -0.2) is 127 Å². The summed E-state index contributed by atoms with van der Waals surface area (Å²) >= 11 is 0. The van der Waals surface area contributed by atoms with E-state index in [0.29, 0.717) is 82.0 Å². The van der Waals surface area contributed by atoms with Gasteiger partial charge in [0.15, 0.2) is 23.1 Å². The molecule has 564 valence electrons. The molecular formula is C82H116N6O15. The second-order valence-electron chi connectivity index (χ2n) is 27.4. The van der Waals surface area contributed by atoms with Crippen molar-refractivity contribution in [2.24, 2.45) is 29.4 Å². The zero-order chi connectivity index (χ0) is 75.6. The average Bonchev–Trinajstić information content (AvgIpc) is 0.914. The van der Waals surface area contributed by atoms with E-state index in [-0.39, 0.29) is 68.8 Å². The molecule has 103 heavy (non-hydrogen) atoms. The number of ketones is 4. The average molecular weight is 1430 g/mol. The molecule has 5 rings (SSSR count). The molecule has 0 aromatic heterocycles. The number of hydrogen-bond donors (Lipinski definition) is 7. The Balaban J connectivity index is 0.000000436. The van der Waals surface area contributed by atoms with Gasteiger partial charge in [-0.15, -0.1) is 0 Å². The van der Waals surface area contributed by atoms with Crippen LogP contribution < -0.4 is 32.3 Å². The number of Topliss-reactive ketones (excluding diaryl/α,β-unsaturated/α-hetero) is 4. The maximum absolute atomic E-state index is 13.8. The maximum Gasteiger partial charge on any atom is 0.328 e. The van der Waals surface area contributed by atoms with Crippen molar-refractivity contribution in [2.45, 2.75) is 245 Å². The van der Waals surface area contributed by atoms with Gasteiger partial charge in [0.1, 0.15) is 12.1 Å². The third-order valence-corrected chi connectivity index (χ3v) is 19.0. The first-order chi connectivity index (χ1) is 49.5. The lowest BCUT2D eigenvalue weighted by atomic mass is 9.90. The molecule has 8 atom stereocenters. The molecule has 4 aromatic rings. The van der Waals surface area contributed by atoms with Crippen molar-refractivity contribution in [3.63, 3.8) is 0 Å². The minimum absolute atomic E-state index is 0.00922. The number of hydrogen-bond acceptors (Lipinski definition) is 15. The third-order valence-electron chi connectivity index (χ3n) is 19.0. The van der Waals surface area contributed by atoms with E-state index >= 15 is 0 Å². The lowest BCUT2D eigenvalue weighted by molar-refractivity contribution is -0.146. The number of aliphatic carboxylic acids is 1. The molecule has 1 aliphatic rings. The topological polar surface area (TPSA) is 330 Å². The molecule has 1 aliphatic heterocycles. The van der Waals surface area contributed by atoms with Crippen LogP contribution in [-0.2, 0) is 70.3 Å². The zero-order valence-electron chi connectivity index (χ0n) is 62.3. The Morgan fingerprint density at radius 1 is 0.563 bits per heavy atom. The first-order valence-corrected chi connectivity index (χ1v) is 37.6. The lowest BCUT2D eigenvalue weighted by Gasteiger charge is -2.23. The van der Waals surface area contributed by atoms with Gasteiger partial charge in [0.25, 0.3) is 0 Å². The predicted molar refractivity (Wildman–Crippen MR) is 399 cm³/mol. The molecule has 0 unspecified atom stereocenters. The number of rotatable bonds is 40. The summed E-state index contributed by atoms with van der Waals surface area (Å²) in [6.45, 7) is 12.4. The number of benzene rings is 4. The van der Waals surface area contributed by atoms with E-state index in [4.69, 9.17) is 15.2 Å². The second kappa shape index (κ2) is 48.3. The molecule has 1 fully saturated rings. The van der Waals surface area contributed by atoms with Crippen molar-refractivity contribution in [3.05, 3.63) is 119 Å². The van der Waals surface area contributed by atoms with E-state index in [2.05, 4.69) is 95.9 Å². The number of aryl methyl sites for hydroxylation is 2. The summed E-state index contributed by atoms with van der Waals surface area (Å²) in [6.07, 6.45) is 14.6. The highest BCUT2D eigenvalue weighted by Gasteiger charge is 2.34. The molecule has 21 heteroatoms. The Kier molecular flexibility index (Phi) is 40.6. The van der Waals surface area contributed by atoms with E-state index in [1.54, 1.807) is 31.2 Å². The monoisotopic (exact) mass is 1420 g/mol. The fraction of sp³-hybridized carbons (Fsp3) is 0.561. The van der Waals surface area contributed by atoms with Gasteiger partial charge in [-0.3, -0.25) is 47.9 Å². The number of carbonyl (C=O) groups excluding carboxylic acids is 11. The SMILES string of the molecule is CCCCC[C@H](CC(=O)c1ccc(-c2ccc(CCCC)cc2)cc1)C(=O)N[C@@H](CCC(=O)O)C(=O)C[C@@H](C)C(=O)N[C@@H](CCCCN)C(=O)OC.CCCCC[C@H](CC(=O)c1ccc(-c2ccc(CCCC)cc2)cc1)C(=O)N[C@H]1CCC(=O)NCCCC[C@@H](C(=O)OC)NC(=O)[C@H](C)CC1=O. The van der Waals surface area contributed by atoms with Crippen LogP contribution in [0.15, 0.2) is 97.1 Å². The first-order valence-electron chi connectivity index (χ1n) is 37.6. The number of carbonyl (C=O) groups is 12. The summed E-state index contributed by atoms with van der Waals surface area (Å²) in [5.74, 6) is -8.84. The molecule has 8 N–H and O–H groups in total. The minimum atomic E-state index is -1.17. The van der Waals surface area contributed by atoms with Crippen molar-refractivity contribution in [1.29, 1.82) is 0 Å². The van der Waals surface area contributed by atoms with E-state index in [9.17, 15) is 62.6 Å². The Labute approximate surface area is 610 Å². The van der Waals surface area contributed by atoms with Crippen molar-refractivity contribution in [1.82, 2.24) is 26.6 Å². The summed E-state index contributed by atoms with van der Waals surface area (Å²) < 4.78 is 9.66. The Hall–Kier alpha value is -8.72. The number of esters is 2. The van der Waals surface area contributed by atoms with E-state index < -0.39 is 101 Å². The summed E-state index contributed by atoms with van der Waals surface area (Å²) in [5.41, 5.74) is 13.2. The standard InChI is InChI=1S/C41H59N3O8.C41H57N3O7/c1-5-7-9-13-33(27-36(45)32-21-19-31(20-22-32)30-17-15-29(16-18-30)12-8-6-2)40(50)43-34(23-24-38(47)48)37(46)26-28(3)39(49)44-35(41(51)52-4)14-10-11-25-42;1-5-7-9-13-33(27-36(45)32-21-19-31(20-22-32)30-17-15-29(16-18-30)12-8-6-2)40(49)43-34-23-24-38(47)42-25-11-10-14-35(41(50)51-4)44-39(48)28(3)26-37(34)46/h15-22,28,33-35H,5-14,23-27,42H2,1-4H3,(H,43,50)(H,44,49)(H,47,48);15-22,28,33-35H,5-14,23-27H2,1-4H3,(H,42,47)(H,43,49)(H,44,48)/t2*28-,33-,34+,35+/m11/s1. The van der Waals surface area contributed by atoms with Crippen LogP contribution in [0.2, 0.25) is 0 Å². The highest BCUT2D eigenvalue weighted by molar-refractivity contribution is 6.01. The Morgan fingerprint density at radius 3 is 1.52 bits per heavy atom. The van der Waals surface area contributed by atoms with Gasteiger partial charge in [-0.05, 0) is 130 Å². The van der Waals surface area contributed by atoms with Gasteiger partial charge in [-0.2, -0.15) is 0 Å². The number of unbranched alkanes of at least 4 members (excludes halogenated alkanes) is 7. The number of amides is 5. The highest BCUT2D eigenvalue weighted by atomic mass is 16.5. The number of methoxy groups -OCH3 is 2. The van der Waals surface area contributed by atoms with Crippen LogP contribution in [0.5, 0.6) is 0 Å². The number of nitrogens with two attached hydrogens (primary N) is 1. The molecule has 21 nitrogen and oxygen atoms in total. The van der Waals surface area contributed by atoms with Crippen LogP contribution in [0.3, 0.4) is 0 Å². The number of ether oxygens (including phenoxy) is 2. The molecule has 0 bridgehead atoms. The van der Waals surface area contributed by atoms with Gasteiger partial charge in [-0.1, -0.05) is 190 Å². The molecule has 0 saturated carbocycles. The van der Waals surface area contributed by atoms with Crippen LogP contribution in [0.25, 0.3) is 22.3 Å². The Morgan fingerprint density at radius 2 is 1.05 bits per heavy atom. The van der Waals surface area contributed by atoms with Crippen molar-refractivity contribution in [2.75, 3.05) is 27.3 Å². The quantitative estimate of drug-likeness (QED) is 0.0124. The third kappa shape index (κ3) is 31.8. The minimum Gasteiger partial charge on any atom is -0.481 e. The highest BCUT2D eigenvalue weighted by Crippen LogP contribution is 2.27. The molecule has 5 amide bonds. The Bertz CT molecular complexity index is 3340. The van der Waals surface area contributed by atoms with Gasteiger partial charge in [0, 0.05) is 79.9 Å². The lowest BCUT2D eigenvalue weighted by Crippen LogP contribution is -2.47. The van der Waals surface area contributed by atoms with Crippen molar-refractivity contribution in [3.8, 4) is 22.3 Å². The zero-order valence-corrected chi connectivity index (χ0v) is 62.3. The maximum atomic E-state index is 13.8. The van der Waals surface area contributed by atoms with Gasteiger partial charge in [0.2, 0.25) is 29.5 Å². The van der Waals surface area contributed by atoms with Gasteiger partial charge < -0.3 is 46.9 Å². The normalized spacial score (nSPS) is 16.6. The van der Waals surface area contributed by atoms with Crippen LogP contribution in [0, 0.1) is 23.7 Å². The molecule has 4 aromatic carbocycles. The summed E-state index contributed by atoms with van der Waals surface area (Å²) in [4.78, 5) is 156. The molecule has 0 radical (unpaired) electrons. The summed E-state index contributed by atoms with van der Waals surface area (Å²) in [5, 5.41) is 23.1. The van der Waals surface area contributed by atoms with Gasteiger partial charge in [0.05, 0.1) is 26.3 Å². The molecule has 0 aliphatic carbocycles.